The highest BCUT2D eigenvalue weighted by Crippen LogP contribution is 2.18. The summed E-state index contributed by atoms with van der Waals surface area (Å²) in [6.07, 6.45) is 0. The molecule has 0 aliphatic carbocycles. The molecule has 0 aromatic carbocycles. The van der Waals surface area contributed by atoms with Crippen LogP contribution in [0.2, 0.25) is 0 Å². The van der Waals surface area contributed by atoms with Gasteiger partial charge in [-0.25, -0.2) is 4.98 Å². The van der Waals surface area contributed by atoms with Crippen LogP contribution in [-0.4, -0.2) is 22.0 Å². The summed E-state index contributed by atoms with van der Waals surface area (Å²) in [6.45, 7) is 0.123. The SMILES string of the molecule is COCc1nc(Br)[nH]c1[N+](=O)[O-]. The molecular formula is C5H6BrN3O3. The number of nitro groups is 1. The fourth-order valence-corrected chi connectivity index (χ4v) is 1.16. The van der Waals surface area contributed by atoms with Crippen molar-refractivity contribution in [1.29, 1.82) is 0 Å². The maximum Gasteiger partial charge on any atom is 0.347 e. The van der Waals surface area contributed by atoms with Gasteiger partial charge >= 0.3 is 5.82 Å². The van der Waals surface area contributed by atoms with E-state index in [4.69, 9.17) is 4.74 Å². The van der Waals surface area contributed by atoms with Crippen molar-refractivity contribution >= 4 is 21.7 Å². The van der Waals surface area contributed by atoms with Gasteiger partial charge in [0, 0.05) is 23.0 Å². The minimum Gasteiger partial charge on any atom is -0.378 e. The molecule has 0 unspecified atom stereocenters. The zero-order chi connectivity index (χ0) is 9.14. The first kappa shape index (κ1) is 9.14. The van der Waals surface area contributed by atoms with Crippen molar-refractivity contribution in [2.24, 2.45) is 0 Å². The predicted molar refractivity (Wildman–Crippen MR) is 43.7 cm³/mol. The van der Waals surface area contributed by atoms with Crippen molar-refractivity contribution in [2.45, 2.75) is 6.61 Å². The fraction of sp³-hybridized carbons (Fsp3) is 0.400. The van der Waals surface area contributed by atoms with Crippen LogP contribution in [0.4, 0.5) is 5.82 Å². The molecule has 7 heteroatoms. The molecule has 66 valence electrons. The first-order valence-corrected chi connectivity index (χ1v) is 3.82. The minimum absolute atomic E-state index is 0.123. The van der Waals surface area contributed by atoms with E-state index in [1.807, 2.05) is 0 Å². The van der Waals surface area contributed by atoms with Gasteiger partial charge in [-0.2, -0.15) is 4.98 Å². The average molecular weight is 236 g/mol. The van der Waals surface area contributed by atoms with Gasteiger partial charge in [0.1, 0.15) is 0 Å². The predicted octanol–water partition coefficient (Wildman–Crippen LogP) is 1.23. The lowest BCUT2D eigenvalue weighted by atomic mass is 10.5. The number of nitrogens with zero attached hydrogens (tertiary/aromatic N) is 2. The molecule has 0 bridgehead atoms. The molecule has 0 atom stereocenters. The highest BCUT2D eigenvalue weighted by molar-refractivity contribution is 9.10. The lowest BCUT2D eigenvalue weighted by Gasteiger charge is -1.93. The molecule has 0 fully saturated rings. The maximum absolute atomic E-state index is 10.4. The normalized spacial score (nSPS) is 10.2. The molecule has 0 aliphatic rings. The van der Waals surface area contributed by atoms with E-state index < -0.39 is 4.92 Å². The first-order valence-electron chi connectivity index (χ1n) is 3.03. The van der Waals surface area contributed by atoms with E-state index in [0.717, 1.165) is 0 Å². The minimum atomic E-state index is -0.536. The Labute approximate surface area is 76.2 Å². The van der Waals surface area contributed by atoms with Gasteiger partial charge in [-0.1, -0.05) is 0 Å². The van der Waals surface area contributed by atoms with E-state index >= 15 is 0 Å². The lowest BCUT2D eigenvalue weighted by Crippen LogP contribution is -1.95. The van der Waals surface area contributed by atoms with Crippen molar-refractivity contribution in [3.05, 3.63) is 20.5 Å². The van der Waals surface area contributed by atoms with Gasteiger partial charge in [-0.15, -0.1) is 0 Å². The molecular weight excluding hydrogens is 230 g/mol. The number of halogens is 1. The third kappa shape index (κ3) is 1.80. The molecule has 0 saturated carbocycles. The van der Waals surface area contributed by atoms with Crippen LogP contribution in [0.25, 0.3) is 0 Å². The lowest BCUT2D eigenvalue weighted by molar-refractivity contribution is -0.390. The number of H-pyrrole nitrogens is 1. The summed E-state index contributed by atoms with van der Waals surface area (Å²) in [6, 6.07) is 0. The van der Waals surface area contributed by atoms with Crippen molar-refractivity contribution < 1.29 is 9.66 Å². The highest BCUT2D eigenvalue weighted by atomic mass is 79.9. The summed E-state index contributed by atoms with van der Waals surface area (Å²) >= 11 is 2.99. The van der Waals surface area contributed by atoms with Crippen LogP contribution in [0.15, 0.2) is 4.73 Å². The van der Waals surface area contributed by atoms with E-state index in [1.54, 1.807) is 0 Å². The zero-order valence-electron chi connectivity index (χ0n) is 6.20. The van der Waals surface area contributed by atoms with E-state index in [-0.39, 0.29) is 18.1 Å². The molecule has 1 rings (SSSR count). The van der Waals surface area contributed by atoms with Gasteiger partial charge in [0.2, 0.25) is 0 Å². The molecule has 1 N–H and O–H groups in total. The molecule has 1 aromatic rings. The number of ether oxygens (including phenoxy) is 1. The van der Waals surface area contributed by atoms with Crippen LogP contribution in [0, 0.1) is 10.1 Å². The largest absolute Gasteiger partial charge is 0.378 e. The summed E-state index contributed by atoms with van der Waals surface area (Å²) in [5.74, 6) is -0.135. The molecule has 0 radical (unpaired) electrons. The van der Waals surface area contributed by atoms with E-state index in [0.29, 0.717) is 4.73 Å². The zero-order valence-corrected chi connectivity index (χ0v) is 7.79. The van der Waals surface area contributed by atoms with Crippen molar-refractivity contribution in [1.82, 2.24) is 9.97 Å². The number of aromatic amines is 1. The van der Waals surface area contributed by atoms with Gasteiger partial charge in [0.05, 0.1) is 6.61 Å². The highest BCUT2D eigenvalue weighted by Gasteiger charge is 2.17. The van der Waals surface area contributed by atoms with Crippen molar-refractivity contribution in [3.8, 4) is 0 Å². The third-order valence-corrected chi connectivity index (χ3v) is 1.57. The molecule has 1 heterocycles. The van der Waals surface area contributed by atoms with Gasteiger partial charge in [0.25, 0.3) is 4.73 Å². The Morgan fingerprint density at radius 3 is 3.00 bits per heavy atom. The van der Waals surface area contributed by atoms with Gasteiger partial charge in [-0.3, -0.25) is 0 Å². The van der Waals surface area contributed by atoms with Gasteiger partial charge in [-0.05, 0) is 4.92 Å². The Hall–Kier alpha value is -0.950. The molecule has 0 amide bonds. The van der Waals surface area contributed by atoms with E-state index in [9.17, 15) is 10.1 Å². The number of hydrogen-bond acceptors (Lipinski definition) is 4. The molecule has 1 aromatic heterocycles. The number of hydrogen-bond donors (Lipinski definition) is 1. The van der Waals surface area contributed by atoms with Gasteiger partial charge < -0.3 is 14.9 Å². The van der Waals surface area contributed by atoms with Crippen molar-refractivity contribution in [3.63, 3.8) is 0 Å². The Morgan fingerprint density at radius 1 is 1.83 bits per heavy atom. The van der Waals surface area contributed by atoms with Crippen LogP contribution in [0.1, 0.15) is 5.69 Å². The smallest absolute Gasteiger partial charge is 0.347 e. The average Bonchev–Trinajstić information content (AvgIpc) is 2.32. The standard InChI is InChI=1S/C5H6BrN3O3/c1-12-2-3-4(9(10)11)8-5(6)7-3/h2H2,1H3,(H,7,8). The number of rotatable bonds is 3. The Kier molecular flexibility index (Phi) is 2.77. The molecule has 0 saturated heterocycles. The van der Waals surface area contributed by atoms with Crippen LogP contribution >= 0.6 is 15.9 Å². The number of nitrogens with one attached hydrogen (secondary N) is 1. The second-order valence-electron chi connectivity index (χ2n) is 2.01. The van der Waals surface area contributed by atoms with Crippen molar-refractivity contribution in [2.75, 3.05) is 7.11 Å². The summed E-state index contributed by atoms with van der Waals surface area (Å²) in [4.78, 5) is 16.1. The summed E-state index contributed by atoms with van der Waals surface area (Å²) in [5, 5.41) is 10.4. The quantitative estimate of drug-likeness (QED) is 0.631. The number of aromatic nitrogens is 2. The Morgan fingerprint density at radius 2 is 2.50 bits per heavy atom. The second kappa shape index (κ2) is 3.63. The first-order chi connectivity index (χ1) is 5.65. The second-order valence-corrected chi connectivity index (χ2v) is 2.76. The van der Waals surface area contributed by atoms with Crippen LogP contribution in [0.5, 0.6) is 0 Å². The summed E-state index contributed by atoms with van der Waals surface area (Å²) < 4.78 is 5.06. The maximum atomic E-state index is 10.4. The van der Waals surface area contributed by atoms with Gasteiger partial charge in [0.15, 0.2) is 5.69 Å². The van der Waals surface area contributed by atoms with Crippen LogP contribution < -0.4 is 0 Å². The molecule has 0 aliphatic heterocycles. The number of methoxy groups -OCH3 is 1. The fourth-order valence-electron chi connectivity index (χ4n) is 0.758. The Bertz CT molecular complexity index is 298. The third-order valence-electron chi connectivity index (χ3n) is 1.19. The summed E-state index contributed by atoms with van der Waals surface area (Å²) in [7, 11) is 1.45. The van der Waals surface area contributed by atoms with Crippen LogP contribution in [0.3, 0.4) is 0 Å². The molecule has 6 nitrogen and oxygen atoms in total. The monoisotopic (exact) mass is 235 g/mol. The van der Waals surface area contributed by atoms with Crippen LogP contribution in [-0.2, 0) is 11.3 Å². The Balaban J connectivity index is 2.99. The molecule has 12 heavy (non-hydrogen) atoms. The van der Waals surface area contributed by atoms with E-state index in [2.05, 4.69) is 25.9 Å². The van der Waals surface area contributed by atoms with E-state index in [1.165, 1.54) is 7.11 Å². The topological polar surface area (TPSA) is 81.0 Å². The summed E-state index contributed by atoms with van der Waals surface area (Å²) in [5.41, 5.74) is 0.286. The number of imidazole rings is 1. The molecule has 0 spiro atoms.